The number of aromatic amines is 1. The van der Waals surface area contributed by atoms with Crippen LogP contribution in [0.1, 0.15) is 22.4 Å². The number of nitrogens with one attached hydrogen (secondary N) is 2. The van der Waals surface area contributed by atoms with Crippen molar-refractivity contribution in [2.24, 2.45) is 5.10 Å². The van der Waals surface area contributed by atoms with Crippen LogP contribution < -0.4 is 20.5 Å². The van der Waals surface area contributed by atoms with E-state index in [0.29, 0.717) is 40.6 Å². The van der Waals surface area contributed by atoms with Crippen LogP contribution in [-0.4, -0.2) is 41.8 Å². The summed E-state index contributed by atoms with van der Waals surface area (Å²) in [5.74, 6) is 1.25. The zero-order valence-electron chi connectivity index (χ0n) is 17.9. The third kappa shape index (κ3) is 4.76. The molecule has 1 aliphatic heterocycles. The van der Waals surface area contributed by atoms with Gasteiger partial charge >= 0.3 is 0 Å². The van der Waals surface area contributed by atoms with Crippen LogP contribution in [0.15, 0.2) is 52.4 Å². The highest BCUT2D eigenvalue weighted by molar-refractivity contribution is 6.34. The fraction of sp³-hybridized carbons (Fsp3) is 0.261. The lowest BCUT2D eigenvalue weighted by molar-refractivity contribution is 0.242. The van der Waals surface area contributed by atoms with Crippen LogP contribution in [0.25, 0.3) is 0 Å². The molecular weight excluding hydrogens is 430 g/mol. The zero-order valence-corrected chi connectivity index (χ0v) is 18.6. The minimum absolute atomic E-state index is 0.158. The summed E-state index contributed by atoms with van der Waals surface area (Å²) in [5.41, 5.74) is 5.98. The molecule has 4 rings (SSSR count). The fourth-order valence-electron chi connectivity index (χ4n) is 3.68. The Morgan fingerprint density at radius 3 is 2.78 bits per heavy atom. The van der Waals surface area contributed by atoms with E-state index < -0.39 is 0 Å². The molecule has 8 nitrogen and oxygen atoms in total. The van der Waals surface area contributed by atoms with Crippen LogP contribution in [0, 0.1) is 0 Å². The Morgan fingerprint density at radius 2 is 2.03 bits per heavy atom. The first-order chi connectivity index (χ1) is 15.6. The van der Waals surface area contributed by atoms with Crippen molar-refractivity contribution in [1.29, 1.82) is 0 Å². The van der Waals surface area contributed by atoms with Crippen LogP contribution in [0.4, 0.5) is 5.95 Å². The van der Waals surface area contributed by atoms with Gasteiger partial charge in [-0.2, -0.15) is 5.10 Å². The van der Waals surface area contributed by atoms with Gasteiger partial charge in [0.2, 0.25) is 5.95 Å². The van der Waals surface area contributed by atoms with Gasteiger partial charge in [-0.3, -0.25) is 14.7 Å². The first kappa shape index (κ1) is 21.9. The van der Waals surface area contributed by atoms with Gasteiger partial charge in [0.1, 0.15) is 0 Å². The first-order valence-electron chi connectivity index (χ1n) is 10.2. The molecule has 166 valence electrons. The van der Waals surface area contributed by atoms with Gasteiger partial charge in [-0.15, -0.1) is 0 Å². The van der Waals surface area contributed by atoms with Gasteiger partial charge in [0.15, 0.2) is 11.5 Å². The molecule has 1 aliphatic rings. The highest BCUT2D eigenvalue weighted by Crippen LogP contribution is 2.36. The molecule has 2 heterocycles. The Bertz CT molecular complexity index is 1180. The topological polar surface area (TPSA) is 91.8 Å². The molecule has 3 aromatic rings. The average molecular weight is 454 g/mol. The molecule has 0 radical (unpaired) electrons. The number of H-pyrrole nitrogens is 1. The van der Waals surface area contributed by atoms with Crippen LogP contribution >= 0.6 is 11.6 Å². The Balaban J connectivity index is 1.46. The number of hydrogen-bond acceptors (Lipinski definition) is 7. The number of hydrazone groups is 1. The smallest absolute Gasteiger partial charge is 0.257 e. The van der Waals surface area contributed by atoms with E-state index in [9.17, 15) is 4.79 Å². The van der Waals surface area contributed by atoms with Gasteiger partial charge in [0.25, 0.3) is 5.56 Å². The molecule has 0 spiro atoms. The lowest BCUT2D eigenvalue weighted by Crippen LogP contribution is -2.35. The number of hydrogen-bond donors (Lipinski definition) is 2. The highest BCUT2D eigenvalue weighted by Gasteiger charge is 2.21. The van der Waals surface area contributed by atoms with Crippen LogP contribution in [0.5, 0.6) is 11.5 Å². The molecule has 2 N–H and O–H groups in total. The summed E-state index contributed by atoms with van der Waals surface area (Å²) in [6.07, 6.45) is 2.23. The molecule has 0 unspecified atom stereocenters. The second-order valence-electron chi connectivity index (χ2n) is 7.36. The maximum absolute atomic E-state index is 12.7. The van der Waals surface area contributed by atoms with Crippen molar-refractivity contribution < 1.29 is 9.47 Å². The van der Waals surface area contributed by atoms with E-state index in [-0.39, 0.29) is 11.5 Å². The molecular formula is C23H24ClN5O3. The predicted octanol–water partition coefficient (Wildman–Crippen LogP) is 3.44. The van der Waals surface area contributed by atoms with Crippen LogP contribution in [0.3, 0.4) is 0 Å². The van der Waals surface area contributed by atoms with Crippen molar-refractivity contribution in [3.8, 4) is 11.5 Å². The normalized spacial score (nSPS) is 13.7. The fourth-order valence-corrected chi connectivity index (χ4v) is 3.96. The number of halogens is 1. The molecule has 0 saturated carbocycles. The van der Waals surface area contributed by atoms with Crippen LogP contribution in [-0.2, 0) is 19.5 Å². The molecule has 1 aromatic heterocycles. The second-order valence-corrected chi connectivity index (χ2v) is 7.74. The summed E-state index contributed by atoms with van der Waals surface area (Å²) in [4.78, 5) is 22.2. The number of nitrogens with zero attached hydrogens (tertiary/aromatic N) is 3. The highest BCUT2D eigenvalue weighted by atomic mass is 35.5. The second kappa shape index (κ2) is 9.84. The zero-order chi connectivity index (χ0) is 22.5. The van der Waals surface area contributed by atoms with E-state index in [4.69, 9.17) is 21.1 Å². The number of methoxy groups -OCH3 is 2. The summed E-state index contributed by atoms with van der Waals surface area (Å²) in [5, 5.41) is 4.54. The van der Waals surface area contributed by atoms with Crippen molar-refractivity contribution >= 4 is 23.8 Å². The lowest BCUT2D eigenvalue weighted by Gasteiger charge is -2.27. The van der Waals surface area contributed by atoms with Gasteiger partial charge in [0.05, 0.1) is 36.7 Å². The third-order valence-corrected chi connectivity index (χ3v) is 5.68. The minimum atomic E-state index is -0.158. The summed E-state index contributed by atoms with van der Waals surface area (Å²) in [6, 6.07) is 13.7. The standard InChI is InChI=1S/C23H24ClN5O3/c1-31-19-9-8-16(20(24)21(19)32-2)12-25-28-23-26-18-10-11-29(14-17(18)22(30)27-23)13-15-6-4-3-5-7-15/h3-9,12H,10-11,13-14H2,1-2H3,(H2,26,27,28,30)/b25-12-. The molecule has 9 heteroatoms. The first-order valence-corrected chi connectivity index (χ1v) is 10.5. The van der Waals surface area contributed by atoms with Gasteiger partial charge in [-0.25, -0.2) is 10.4 Å². The number of ether oxygens (including phenoxy) is 2. The summed E-state index contributed by atoms with van der Waals surface area (Å²) in [6.45, 7) is 2.20. The van der Waals surface area contributed by atoms with Crippen molar-refractivity contribution in [2.45, 2.75) is 19.5 Å². The van der Waals surface area contributed by atoms with Crippen molar-refractivity contribution in [3.63, 3.8) is 0 Å². The average Bonchev–Trinajstić information content (AvgIpc) is 2.81. The Hall–Kier alpha value is -3.36. The maximum Gasteiger partial charge on any atom is 0.257 e. The van der Waals surface area contributed by atoms with E-state index in [0.717, 1.165) is 18.8 Å². The Kier molecular flexibility index (Phi) is 6.72. The summed E-state index contributed by atoms with van der Waals surface area (Å²) in [7, 11) is 3.06. The predicted molar refractivity (Wildman–Crippen MR) is 125 cm³/mol. The number of aromatic nitrogens is 2. The van der Waals surface area contributed by atoms with Gasteiger partial charge in [0, 0.05) is 31.6 Å². The van der Waals surface area contributed by atoms with Crippen LogP contribution in [0.2, 0.25) is 5.02 Å². The van der Waals surface area contributed by atoms with E-state index >= 15 is 0 Å². The Morgan fingerprint density at radius 1 is 1.22 bits per heavy atom. The molecule has 0 saturated heterocycles. The van der Waals surface area contributed by atoms with E-state index in [2.05, 4.69) is 37.5 Å². The van der Waals surface area contributed by atoms with Crippen molar-refractivity contribution in [1.82, 2.24) is 14.9 Å². The largest absolute Gasteiger partial charge is 0.493 e. The minimum Gasteiger partial charge on any atom is -0.493 e. The summed E-state index contributed by atoms with van der Waals surface area (Å²) >= 11 is 6.36. The third-order valence-electron chi connectivity index (χ3n) is 5.29. The maximum atomic E-state index is 12.7. The van der Waals surface area contributed by atoms with E-state index in [1.165, 1.54) is 18.9 Å². The summed E-state index contributed by atoms with van der Waals surface area (Å²) < 4.78 is 10.5. The number of benzene rings is 2. The number of fused-ring (bicyclic) bond motifs is 1. The monoisotopic (exact) mass is 453 g/mol. The molecule has 0 bridgehead atoms. The molecule has 0 fully saturated rings. The lowest BCUT2D eigenvalue weighted by atomic mass is 10.1. The molecule has 0 amide bonds. The quantitative estimate of drug-likeness (QED) is 0.420. The number of rotatable bonds is 7. The van der Waals surface area contributed by atoms with Gasteiger partial charge < -0.3 is 9.47 Å². The van der Waals surface area contributed by atoms with Crippen molar-refractivity contribution in [2.75, 3.05) is 26.2 Å². The Labute approximate surface area is 190 Å². The molecule has 0 aliphatic carbocycles. The molecule has 32 heavy (non-hydrogen) atoms. The van der Waals surface area contributed by atoms with Gasteiger partial charge in [-0.05, 0) is 17.7 Å². The molecule has 0 atom stereocenters. The number of anilines is 1. The van der Waals surface area contributed by atoms with E-state index in [1.807, 2.05) is 18.2 Å². The SMILES string of the molecule is COc1ccc(/C=N\Nc2nc3c(c(=O)[nH]2)CN(Cc2ccccc2)CC3)c(Cl)c1OC. The van der Waals surface area contributed by atoms with Gasteiger partial charge in [-0.1, -0.05) is 41.9 Å². The van der Waals surface area contributed by atoms with Crippen molar-refractivity contribution in [3.05, 3.63) is 80.2 Å². The molecule has 2 aromatic carbocycles. The van der Waals surface area contributed by atoms with E-state index in [1.54, 1.807) is 19.2 Å².